The predicted molar refractivity (Wildman–Crippen MR) is 97.4 cm³/mol. The molecule has 1 amide bonds. The molecule has 25 heavy (non-hydrogen) atoms. The summed E-state index contributed by atoms with van der Waals surface area (Å²) in [5.74, 6) is 0.695. The standard InChI is InChI=1S/C20H20N2O3/c1-14(2)25-18-10-9-15(12-19(18)24-3)11-16(13-21)20(23)22-17-7-5-4-6-8-17/h4-12,14H,1-3H3,(H,22,23)/b16-11-. The minimum Gasteiger partial charge on any atom is -0.493 e. The first-order chi connectivity index (χ1) is 12.0. The number of carbonyl (C=O) groups is 1. The lowest BCUT2D eigenvalue weighted by molar-refractivity contribution is -0.112. The summed E-state index contributed by atoms with van der Waals surface area (Å²) in [6, 6.07) is 16.2. The molecule has 2 aromatic rings. The van der Waals surface area contributed by atoms with Gasteiger partial charge in [-0.1, -0.05) is 24.3 Å². The Balaban J connectivity index is 2.24. The van der Waals surface area contributed by atoms with Crippen molar-refractivity contribution in [1.29, 1.82) is 5.26 Å². The summed E-state index contributed by atoms with van der Waals surface area (Å²) in [6.45, 7) is 3.85. The lowest BCUT2D eigenvalue weighted by Gasteiger charge is -2.13. The van der Waals surface area contributed by atoms with Crippen molar-refractivity contribution in [2.24, 2.45) is 0 Å². The molecule has 2 rings (SSSR count). The molecule has 0 fully saturated rings. The quantitative estimate of drug-likeness (QED) is 0.638. The van der Waals surface area contributed by atoms with E-state index in [-0.39, 0.29) is 11.7 Å². The van der Waals surface area contributed by atoms with Crippen LogP contribution in [0.25, 0.3) is 6.08 Å². The third kappa shape index (κ3) is 5.11. The van der Waals surface area contributed by atoms with E-state index in [1.54, 1.807) is 37.4 Å². The Kier molecular flexibility index (Phi) is 6.19. The fourth-order valence-electron chi connectivity index (χ4n) is 2.16. The SMILES string of the molecule is COc1cc(/C=C(/C#N)C(=O)Nc2ccccc2)ccc1OC(C)C. The first-order valence-electron chi connectivity index (χ1n) is 7.86. The molecule has 128 valence electrons. The van der Waals surface area contributed by atoms with Gasteiger partial charge in [0.05, 0.1) is 13.2 Å². The Morgan fingerprint density at radius 3 is 2.48 bits per heavy atom. The molecule has 0 aromatic heterocycles. The fraction of sp³-hybridized carbons (Fsp3) is 0.200. The highest BCUT2D eigenvalue weighted by Gasteiger charge is 2.11. The van der Waals surface area contributed by atoms with Gasteiger partial charge in [-0.25, -0.2) is 0 Å². The second-order valence-corrected chi connectivity index (χ2v) is 5.57. The molecule has 1 N–H and O–H groups in total. The van der Waals surface area contributed by atoms with Crippen LogP contribution in [-0.2, 0) is 4.79 Å². The molecular formula is C20H20N2O3. The van der Waals surface area contributed by atoms with Crippen LogP contribution in [-0.4, -0.2) is 19.1 Å². The molecule has 0 saturated heterocycles. The highest BCUT2D eigenvalue weighted by atomic mass is 16.5. The molecule has 2 aromatic carbocycles. The zero-order valence-corrected chi connectivity index (χ0v) is 14.4. The second-order valence-electron chi connectivity index (χ2n) is 5.57. The van der Waals surface area contributed by atoms with Crippen LogP contribution in [0.3, 0.4) is 0 Å². The van der Waals surface area contributed by atoms with Crippen molar-refractivity contribution in [1.82, 2.24) is 0 Å². The predicted octanol–water partition coefficient (Wildman–Crippen LogP) is 4.03. The van der Waals surface area contributed by atoms with Crippen molar-refractivity contribution in [2.75, 3.05) is 12.4 Å². The fourth-order valence-corrected chi connectivity index (χ4v) is 2.16. The van der Waals surface area contributed by atoms with Gasteiger partial charge in [-0.3, -0.25) is 4.79 Å². The van der Waals surface area contributed by atoms with E-state index in [1.165, 1.54) is 6.08 Å². The number of hydrogen-bond acceptors (Lipinski definition) is 4. The summed E-state index contributed by atoms with van der Waals surface area (Å²) in [6.07, 6.45) is 1.53. The maximum absolute atomic E-state index is 12.3. The number of nitrogens with one attached hydrogen (secondary N) is 1. The molecule has 0 saturated carbocycles. The van der Waals surface area contributed by atoms with Crippen molar-refractivity contribution < 1.29 is 14.3 Å². The van der Waals surface area contributed by atoms with Gasteiger partial charge in [0, 0.05) is 5.69 Å². The first-order valence-corrected chi connectivity index (χ1v) is 7.86. The van der Waals surface area contributed by atoms with Gasteiger partial charge in [0.1, 0.15) is 11.6 Å². The number of hydrogen-bond donors (Lipinski definition) is 1. The van der Waals surface area contributed by atoms with Gasteiger partial charge in [0.2, 0.25) is 0 Å². The Labute approximate surface area is 147 Å². The number of rotatable bonds is 6. The molecule has 0 heterocycles. The molecule has 0 aliphatic rings. The van der Waals surface area contributed by atoms with Crippen molar-refractivity contribution in [3.8, 4) is 17.6 Å². The van der Waals surface area contributed by atoms with E-state index in [2.05, 4.69) is 5.32 Å². The van der Waals surface area contributed by atoms with Crippen molar-refractivity contribution in [3.63, 3.8) is 0 Å². The monoisotopic (exact) mass is 336 g/mol. The van der Waals surface area contributed by atoms with Gasteiger partial charge in [-0.2, -0.15) is 5.26 Å². The zero-order valence-electron chi connectivity index (χ0n) is 14.4. The normalized spacial score (nSPS) is 10.9. The van der Waals surface area contributed by atoms with Crippen LogP contribution in [0.15, 0.2) is 54.1 Å². The molecule has 0 spiro atoms. The molecule has 5 nitrogen and oxygen atoms in total. The number of carbonyl (C=O) groups excluding carboxylic acids is 1. The van der Waals surface area contributed by atoms with Gasteiger partial charge in [0.25, 0.3) is 5.91 Å². The number of nitriles is 1. The van der Waals surface area contributed by atoms with Crippen LogP contribution < -0.4 is 14.8 Å². The molecule has 0 aliphatic heterocycles. The molecule has 5 heteroatoms. The maximum atomic E-state index is 12.3. The lowest BCUT2D eigenvalue weighted by Crippen LogP contribution is -2.13. The highest BCUT2D eigenvalue weighted by Crippen LogP contribution is 2.29. The minimum atomic E-state index is -0.463. The third-order valence-corrected chi connectivity index (χ3v) is 3.26. The Bertz CT molecular complexity index is 805. The van der Waals surface area contributed by atoms with Gasteiger partial charge < -0.3 is 14.8 Å². The number of amides is 1. The number of methoxy groups -OCH3 is 1. The van der Waals surface area contributed by atoms with Crippen molar-refractivity contribution in [2.45, 2.75) is 20.0 Å². The number of nitrogens with zero attached hydrogens (tertiary/aromatic N) is 1. The summed E-state index contributed by atoms with van der Waals surface area (Å²) in [5.41, 5.74) is 1.31. The first kappa shape index (κ1) is 18.1. The summed E-state index contributed by atoms with van der Waals surface area (Å²) in [5, 5.41) is 12.0. The van der Waals surface area contributed by atoms with Crippen LogP contribution in [0.5, 0.6) is 11.5 Å². The topological polar surface area (TPSA) is 71.3 Å². The van der Waals surface area contributed by atoms with Crippen LogP contribution >= 0.6 is 0 Å². The van der Waals surface area contributed by atoms with Crippen molar-refractivity contribution >= 4 is 17.7 Å². The lowest BCUT2D eigenvalue weighted by atomic mass is 10.1. The molecule has 0 bridgehead atoms. The third-order valence-electron chi connectivity index (χ3n) is 3.26. The van der Waals surface area contributed by atoms with Gasteiger partial charge in [-0.15, -0.1) is 0 Å². The van der Waals surface area contributed by atoms with Crippen LogP contribution in [0.1, 0.15) is 19.4 Å². The molecular weight excluding hydrogens is 316 g/mol. The smallest absolute Gasteiger partial charge is 0.266 e. The Hall–Kier alpha value is -3.26. The summed E-state index contributed by atoms with van der Waals surface area (Å²) in [4.78, 5) is 12.3. The van der Waals surface area contributed by atoms with E-state index >= 15 is 0 Å². The number of benzene rings is 2. The van der Waals surface area contributed by atoms with E-state index in [9.17, 15) is 10.1 Å². The minimum absolute atomic E-state index is 0.00318. The van der Waals surface area contributed by atoms with Gasteiger partial charge in [-0.05, 0) is 49.8 Å². The largest absolute Gasteiger partial charge is 0.493 e. The van der Waals surface area contributed by atoms with E-state index in [4.69, 9.17) is 9.47 Å². The van der Waals surface area contributed by atoms with Crippen LogP contribution in [0.2, 0.25) is 0 Å². The molecule has 0 radical (unpaired) electrons. The van der Waals surface area contributed by atoms with Gasteiger partial charge >= 0.3 is 0 Å². The summed E-state index contributed by atoms with van der Waals surface area (Å²) < 4.78 is 11.0. The highest BCUT2D eigenvalue weighted by molar-refractivity contribution is 6.09. The maximum Gasteiger partial charge on any atom is 0.266 e. The average Bonchev–Trinajstić information content (AvgIpc) is 2.61. The van der Waals surface area contributed by atoms with Crippen molar-refractivity contribution in [3.05, 3.63) is 59.7 Å². The summed E-state index contributed by atoms with van der Waals surface area (Å²) >= 11 is 0. The van der Waals surface area contributed by atoms with E-state index in [1.807, 2.05) is 38.1 Å². The zero-order chi connectivity index (χ0) is 18.2. The number of ether oxygens (including phenoxy) is 2. The Morgan fingerprint density at radius 1 is 1.16 bits per heavy atom. The molecule has 0 atom stereocenters. The molecule has 0 aliphatic carbocycles. The number of para-hydroxylation sites is 1. The van der Waals surface area contributed by atoms with Crippen LogP contribution in [0, 0.1) is 11.3 Å². The van der Waals surface area contributed by atoms with Gasteiger partial charge in [0.15, 0.2) is 11.5 Å². The number of anilines is 1. The van der Waals surface area contributed by atoms with E-state index < -0.39 is 5.91 Å². The van der Waals surface area contributed by atoms with E-state index in [0.29, 0.717) is 22.7 Å². The Morgan fingerprint density at radius 2 is 1.88 bits per heavy atom. The summed E-state index contributed by atoms with van der Waals surface area (Å²) in [7, 11) is 1.54. The molecule has 0 unspecified atom stereocenters. The van der Waals surface area contributed by atoms with Crippen LogP contribution in [0.4, 0.5) is 5.69 Å². The van der Waals surface area contributed by atoms with E-state index in [0.717, 1.165) is 0 Å². The average molecular weight is 336 g/mol. The second kappa shape index (κ2) is 8.55.